The summed E-state index contributed by atoms with van der Waals surface area (Å²) < 4.78 is 24.3. The molecule has 1 aliphatic rings. The zero-order valence-electron chi connectivity index (χ0n) is 17.8. The van der Waals surface area contributed by atoms with Crippen molar-refractivity contribution in [3.63, 3.8) is 0 Å². The maximum absolute atomic E-state index is 13.1. The molecule has 3 aromatic carbocycles. The van der Waals surface area contributed by atoms with E-state index in [0.29, 0.717) is 23.6 Å². The molecule has 0 spiro atoms. The first kappa shape index (κ1) is 22.4. The second-order valence-corrected chi connectivity index (χ2v) is 7.86. The van der Waals surface area contributed by atoms with Crippen LogP contribution in [0.1, 0.15) is 16.7 Å². The van der Waals surface area contributed by atoms with E-state index in [1.54, 1.807) is 29.2 Å². The number of anilines is 1. The number of methoxy groups -OCH3 is 1. The topological polar surface area (TPSA) is 62.6 Å². The molecule has 0 fully saturated rings. The number of carbonyl (C=O) groups is 1. The van der Waals surface area contributed by atoms with E-state index in [1.807, 2.05) is 30.3 Å². The molecule has 166 valence electrons. The van der Waals surface area contributed by atoms with Crippen molar-refractivity contribution in [1.29, 1.82) is 5.26 Å². The quantitative estimate of drug-likeness (QED) is 0.355. The van der Waals surface area contributed by atoms with E-state index in [2.05, 4.69) is 0 Å². The highest BCUT2D eigenvalue weighted by Crippen LogP contribution is 2.38. The third-order valence-electron chi connectivity index (χ3n) is 5.34. The minimum Gasteiger partial charge on any atom is -0.493 e. The van der Waals surface area contributed by atoms with Gasteiger partial charge in [0.1, 0.15) is 24.1 Å². The van der Waals surface area contributed by atoms with Gasteiger partial charge in [0, 0.05) is 12.2 Å². The van der Waals surface area contributed by atoms with Crippen LogP contribution in [0.4, 0.5) is 10.1 Å². The summed E-state index contributed by atoms with van der Waals surface area (Å²) in [6, 6.07) is 18.9. The van der Waals surface area contributed by atoms with E-state index in [-0.39, 0.29) is 28.9 Å². The average Bonchev–Trinajstić information content (AvgIpc) is 3.26. The summed E-state index contributed by atoms with van der Waals surface area (Å²) >= 11 is 6.43. The molecule has 0 N–H and O–H groups in total. The molecule has 0 unspecified atom stereocenters. The lowest BCUT2D eigenvalue weighted by atomic mass is 10.1. The van der Waals surface area contributed by atoms with Crippen molar-refractivity contribution in [2.45, 2.75) is 13.0 Å². The summed E-state index contributed by atoms with van der Waals surface area (Å²) in [5.41, 5.74) is 3.19. The lowest BCUT2D eigenvalue weighted by Crippen LogP contribution is -2.29. The number of ether oxygens (including phenoxy) is 2. The van der Waals surface area contributed by atoms with E-state index in [9.17, 15) is 14.4 Å². The largest absolute Gasteiger partial charge is 0.493 e. The minimum atomic E-state index is -0.367. The van der Waals surface area contributed by atoms with E-state index in [4.69, 9.17) is 21.1 Å². The third kappa shape index (κ3) is 4.84. The molecule has 1 aliphatic heterocycles. The van der Waals surface area contributed by atoms with Crippen LogP contribution >= 0.6 is 11.6 Å². The van der Waals surface area contributed by atoms with Gasteiger partial charge in [0.25, 0.3) is 5.91 Å². The van der Waals surface area contributed by atoms with E-state index < -0.39 is 0 Å². The smallest absolute Gasteiger partial charge is 0.268 e. The summed E-state index contributed by atoms with van der Waals surface area (Å²) in [7, 11) is 1.47. The number of fused-ring (bicyclic) bond motifs is 1. The Bertz CT molecular complexity index is 1270. The Kier molecular flexibility index (Phi) is 6.62. The van der Waals surface area contributed by atoms with E-state index in [0.717, 1.165) is 23.2 Å². The van der Waals surface area contributed by atoms with Crippen LogP contribution in [0, 0.1) is 17.1 Å². The van der Waals surface area contributed by atoms with Gasteiger partial charge in [-0.3, -0.25) is 4.79 Å². The zero-order valence-corrected chi connectivity index (χ0v) is 18.6. The molecule has 5 nitrogen and oxygen atoms in total. The summed E-state index contributed by atoms with van der Waals surface area (Å²) in [5.74, 6) is -0.0222. The number of hydrogen-bond donors (Lipinski definition) is 0. The second kappa shape index (κ2) is 9.76. The number of nitriles is 1. The highest BCUT2D eigenvalue weighted by atomic mass is 35.5. The molecule has 0 atom stereocenters. The Labute approximate surface area is 196 Å². The molecule has 0 radical (unpaired) electrons. The van der Waals surface area contributed by atoms with Crippen molar-refractivity contribution >= 4 is 29.3 Å². The summed E-state index contributed by atoms with van der Waals surface area (Å²) in [5, 5.41) is 9.93. The molecule has 1 amide bonds. The van der Waals surface area contributed by atoms with Gasteiger partial charge >= 0.3 is 0 Å². The van der Waals surface area contributed by atoms with Gasteiger partial charge in [-0.25, -0.2) is 4.39 Å². The van der Waals surface area contributed by atoms with Crippen LogP contribution in [0.3, 0.4) is 0 Å². The molecule has 0 saturated heterocycles. The van der Waals surface area contributed by atoms with Crippen LogP contribution in [-0.4, -0.2) is 19.6 Å². The van der Waals surface area contributed by atoms with Crippen molar-refractivity contribution < 1.29 is 18.7 Å². The van der Waals surface area contributed by atoms with E-state index in [1.165, 1.54) is 25.3 Å². The number of carbonyl (C=O) groups excluding carboxylic acids is 1. The molecule has 0 aromatic heterocycles. The molecule has 1 heterocycles. The van der Waals surface area contributed by atoms with Crippen LogP contribution in [0.2, 0.25) is 5.02 Å². The van der Waals surface area contributed by atoms with Crippen molar-refractivity contribution in [1.82, 2.24) is 0 Å². The van der Waals surface area contributed by atoms with E-state index >= 15 is 0 Å². The van der Waals surface area contributed by atoms with Gasteiger partial charge in [-0.05, 0) is 59.5 Å². The van der Waals surface area contributed by atoms with Gasteiger partial charge < -0.3 is 14.4 Å². The Hall–Kier alpha value is -3.82. The number of nitrogens with zero attached hydrogens (tertiary/aromatic N) is 2. The van der Waals surface area contributed by atoms with Gasteiger partial charge in [-0.2, -0.15) is 5.26 Å². The molecule has 33 heavy (non-hydrogen) atoms. The highest BCUT2D eigenvalue weighted by Gasteiger charge is 2.26. The Morgan fingerprint density at radius 2 is 1.97 bits per heavy atom. The first-order valence-corrected chi connectivity index (χ1v) is 10.6. The lowest BCUT2D eigenvalue weighted by Gasteiger charge is -2.17. The maximum atomic E-state index is 13.1. The third-order valence-corrected chi connectivity index (χ3v) is 5.62. The monoisotopic (exact) mass is 462 g/mol. The predicted molar refractivity (Wildman–Crippen MR) is 125 cm³/mol. The SMILES string of the molecule is COc1cc(C=C(C#N)C(=O)N2CCc3ccccc32)cc(Cl)c1OCc1ccc(F)cc1. The van der Waals surface area contributed by atoms with Gasteiger partial charge in [0.05, 0.1) is 12.1 Å². The number of hydrogen-bond acceptors (Lipinski definition) is 4. The van der Waals surface area contributed by atoms with Gasteiger partial charge in [0.2, 0.25) is 0 Å². The Balaban J connectivity index is 1.58. The summed E-state index contributed by atoms with van der Waals surface area (Å²) in [6.07, 6.45) is 2.24. The highest BCUT2D eigenvalue weighted by molar-refractivity contribution is 6.32. The predicted octanol–water partition coefficient (Wildman–Crippen LogP) is 5.56. The number of rotatable bonds is 6. The van der Waals surface area contributed by atoms with Crippen molar-refractivity contribution in [2.75, 3.05) is 18.6 Å². The van der Waals surface area contributed by atoms with Gasteiger partial charge in [-0.1, -0.05) is 41.9 Å². The molecule has 7 heteroatoms. The summed E-state index contributed by atoms with van der Waals surface area (Å²) in [4.78, 5) is 14.7. The lowest BCUT2D eigenvalue weighted by molar-refractivity contribution is -0.114. The molecule has 0 bridgehead atoms. The molecule has 0 saturated carbocycles. The number of benzene rings is 3. The van der Waals surface area contributed by atoms with Gasteiger partial charge in [0.15, 0.2) is 11.5 Å². The fraction of sp³-hybridized carbons (Fsp3) is 0.154. The Morgan fingerprint density at radius 3 is 2.70 bits per heavy atom. The molecular formula is C26H20ClFN2O3. The molecule has 4 rings (SSSR count). The van der Waals surface area contributed by atoms with Crippen molar-refractivity contribution in [3.05, 3.63) is 93.8 Å². The standard InChI is InChI=1S/C26H20ClFN2O3/c1-32-24-14-18(13-22(27)25(24)33-16-17-6-8-21(28)9-7-17)12-20(15-29)26(31)30-11-10-19-4-2-3-5-23(19)30/h2-9,12-14H,10-11,16H2,1H3. The first-order valence-electron chi connectivity index (χ1n) is 10.3. The van der Waals surface area contributed by atoms with Crippen LogP contribution in [0.5, 0.6) is 11.5 Å². The number of para-hydroxylation sites is 1. The normalized spacial score (nSPS) is 12.8. The number of amides is 1. The zero-order chi connectivity index (χ0) is 23.4. The molecule has 0 aliphatic carbocycles. The van der Waals surface area contributed by atoms with Crippen molar-refractivity contribution in [2.24, 2.45) is 0 Å². The average molecular weight is 463 g/mol. The van der Waals surface area contributed by atoms with Crippen LogP contribution in [0.15, 0.2) is 66.2 Å². The van der Waals surface area contributed by atoms with Crippen LogP contribution in [0.25, 0.3) is 6.08 Å². The van der Waals surface area contributed by atoms with Gasteiger partial charge in [-0.15, -0.1) is 0 Å². The summed E-state index contributed by atoms with van der Waals surface area (Å²) in [6.45, 7) is 0.694. The molecular weight excluding hydrogens is 443 g/mol. The Morgan fingerprint density at radius 1 is 1.21 bits per heavy atom. The van der Waals surface area contributed by atoms with Crippen LogP contribution < -0.4 is 14.4 Å². The van der Waals surface area contributed by atoms with Crippen molar-refractivity contribution in [3.8, 4) is 17.6 Å². The second-order valence-electron chi connectivity index (χ2n) is 7.45. The maximum Gasteiger partial charge on any atom is 0.268 e. The van der Waals surface area contributed by atoms with Crippen LogP contribution in [-0.2, 0) is 17.8 Å². The molecule has 3 aromatic rings. The minimum absolute atomic E-state index is 0.00944. The fourth-order valence-corrected chi connectivity index (χ4v) is 3.98. The first-order chi connectivity index (χ1) is 16.0. The number of halogens is 2. The fourth-order valence-electron chi connectivity index (χ4n) is 3.70.